The van der Waals surface area contributed by atoms with Crippen LogP contribution in [0.1, 0.15) is 20.9 Å². The maximum absolute atomic E-state index is 13.3. The molecular weight excluding hydrogens is 261 g/mol. The third-order valence-corrected chi connectivity index (χ3v) is 3.95. The first kappa shape index (κ1) is 12.0. The highest BCUT2D eigenvalue weighted by Gasteiger charge is 2.08. The fourth-order valence-electron chi connectivity index (χ4n) is 2.00. The van der Waals surface area contributed by atoms with Gasteiger partial charge >= 0.3 is 0 Å². The zero-order chi connectivity index (χ0) is 13.2. The predicted octanol–water partition coefficient (Wildman–Crippen LogP) is 3.84. The summed E-state index contributed by atoms with van der Waals surface area (Å²) < 4.78 is 14.4. The largest absolute Gasteiger partial charge is 0.298 e. The number of hydrogen-bond donors (Lipinski definition) is 0. The quantitative estimate of drug-likeness (QED) is 0.677. The van der Waals surface area contributed by atoms with E-state index in [1.54, 1.807) is 11.3 Å². The van der Waals surface area contributed by atoms with Gasteiger partial charge in [-0.3, -0.25) is 4.79 Å². The number of aromatic nitrogens is 1. The molecule has 2 aromatic carbocycles. The minimum absolute atomic E-state index is 0.332. The van der Waals surface area contributed by atoms with Gasteiger partial charge in [-0.2, -0.15) is 0 Å². The highest BCUT2D eigenvalue weighted by atomic mass is 32.1. The average molecular weight is 271 g/mol. The summed E-state index contributed by atoms with van der Waals surface area (Å²) in [7, 11) is 0. The molecule has 2 nitrogen and oxygen atoms in total. The van der Waals surface area contributed by atoms with Crippen molar-refractivity contribution in [2.75, 3.05) is 0 Å². The summed E-state index contributed by atoms with van der Waals surface area (Å²) in [4.78, 5) is 15.5. The van der Waals surface area contributed by atoms with Crippen LogP contribution in [0.15, 0.2) is 42.5 Å². The minimum atomic E-state index is -0.332. The van der Waals surface area contributed by atoms with Crippen molar-refractivity contribution >= 4 is 27.8 Å². The molecule has 0 bridgehead atoms. The monoisotopic (exact) mass is 271 g/mol. The van der Waals surface area contributed by atoms with E-state index in [0.29, 0.717) is 17.5 Å². The number of benzene rings is 2. The second kappa shape index (κ2) is 4.90. The van der Waals surface area contributed by atoms with E-state index in [2.05, 4.69) is 4.98 Å². The maximum atomic E-state index is 13.3. The molecule has 3 rings (SSSR count). The fourth-order valence-corrected chi connectivity index (χ4v) is 2.99. The summed E-state index contributed by atoms with van der Waals surface area (Å²) in [6.07, 6.45) is 1.23. The lowest BCUT2D eigenvalue weighted by Gasteiger charge is -2.02. The third kappa shape index (κ3) is 2.39. The van der Waals surface area contributed by atoms with Crippen molar-refractivity contribution in [1.29, 1.82) is 0 Å². The smallest absolute Gasteiger partial charge is 0.150 e. The Morgan fingerprint density at radius 1 is 1.21 bits per heavy atom. The summed E-state index contributed by atoms with van der Waals surface area (Å²) in [6.45, 7) is 0. The number of carbonyl (C=O) groups excluding carboxylic acids is 1. The van der Waals surface area contributed by atoms with Crippen molar-refractivity contribution in [2.45, 2.75) is 6.42 Å². The number of rotatable bonds is 3. The molecule has 0 saturated heterocycles. The van der Waals surface area contributed by atoms with Crippen LogP contribution in [0.4, 0.5) is 4.39 Å². The fraction of sp³-hybridized carbons (Fsp3) is 0.0667. The van der Waals surface area contributed by atoms with Gasteiger partial charge in [0, 0.05) is 12.0 Å². The van der Waals surface area contributed by atoms with E-state index in [9.17, 15) is 9.18 Å². The number of carbonyl (C=O) groups is 1. The van der Waals surface area contributed by atoms with Gasteiger partial charge in [0.2, 0.25) is 0 Å². The van der Waals surface area contributed by atoms with Gasteiger partial charge in [0.1, 0.15) is 12.1 Å². The van der Waals surface area contributed by atoms with Gasteiger partial charge in [0.15, 0.2) is 0 Å². The third-order valence-electron chi connectivity index (χ3n) is 2.91. The first-order valence-corrected chi connectivity index (χ1v) is 6.66. The molecule has 0 spiro atoms. The lowest BCUT2D eigenvalue weighted by Crippen LogP contribution is -1.95. The Morgan fingerprint density at radius 2 is 2.05 bits per heavy atom. The number of aldehydes is 1. The molecule has 0 atom stereocenters. The van der Waals surface area contributed by atoms with Crippen molar-refractivity contribution in [1.82, 2.24) is 4.98 Å². The van der Waals surface area contributed by atoms with Gasteiger partial charge in [-0.1, -0.05) is 12.1 Å². The molecule has 3 aromatic rings. The maximum Gasteiger partial charge on any atom is 0.150 e. The molecule has 0 amide bonds. The highest BCUT2D eigenvalue weighted by Crippen LogP contribution is 2.24. The van der Waals surface area contributed by atoms with E-state index in [-0.39, 0.29) is 5.82 Å². The molecule has 0 N–H and O–H groups in total. The van der Waals surface area contributed by atoms with Gasteiger partial charge in [-0.15, -0.1) is 11.3 Å². The molecule has 1 heterocycles. The molecule has 0 aliphatic heterocycles. The zero-order valence-corrected chi connectivity index (χ0v) is 10.8. The average Bonchev–Trinajstić information content (AvgIpc) is 2.81. The molecule has 0 aliphatic rings. The van der Waals surface area contributed by atoms with E-state index in [0.717, 1.165) is 21.5 Å². The number of para-hydroxylation sites is 1. The lowest BCUT2D eigenvalue weighted by molar-refractivity contribution is 0.112. The molecule has 19 heavy (non-hydrogen) atoms. The summed E-state index contributed by atoms with van der Waals surface area (Å²) in [5.41, 5.74) is 2.13. The van der Waals surface area contributed by atoms with Crippen molar-refractivity contribution < 1.29 is 9.18 Å². The van der Waals surface area contributed by atoms with Crippen LogP contribution in [0.3, 0.4) is 0 Å². The van der Waals surface area contributed by atoms with Crippen LogP contribution in [-0.4, -0.2) is 11.3 Å². The Morgan fingerprint density at radius 3 is 2.84 bits per heavy atom. The normalized spacial score (nSPS) is 10.8. The zero-order valence-electron chi connectivity index (χ0n) is 9.97. The van der Waals surface area contributed by atoms with Crippen LogP contribution in [0.5, 0.6) is 0 Å². The van der Waals surface area contributed by atoms with Crippen molar-refractivity contribution in [3.63, 3.8) is 0 Å². The number of nitrogens with zero attached hydrogens (tertiary/aromatic N) is 1. The summed E-state index contributed by atoms with van der Waals surface area (Å²) >= 11 is 1.57. The number of hydrogen-bond acceptors (Lipinski definition) is 3. The van der Waals surface area contributed by atoms with Crippen LogP contribution < -0.4 is 0 Å². The van der Waals surface area contributed by atoms with Crippen molar-refractivity contribution in [2.24, 2.45) is 0 Å². The van der Waals surface area contributed by atoms with Crippen LogP contribution in [0, 0.1) is 5.82 Å². The molecule has 0 fully saturated rings. The Kier molecular flexibility index (Phi) is 3.09. The van der Waals surface area contributed by atoms with Crippen LogP contribution in [0.2, 0.25) is 0 Å². The Balaban J connectivity index is 2.00. The van der Waals surface area contributed by atoms with Gasteiger partial charge in [0.25, 0.3) is 0 Å². The molecule has 0 radical (unpaired) electrons. The van der Waals surface area contributed by atoms with Crippen LogP contribution >= 0.6 is 11.3 Å². The summed E-state index contributed by atoms with van der Waals surface area (Å²) in [5.74, 6) is -0.332. The molecule has 94 valence electrons. The van der Waals surface area contributed by atoms with Gasteiger partial charge in [-0.25, -0.2) is 9.37 Å². The van der Waals surface area contributed by atoms with E-state index < -0.39 is 0 Å². The van der Waals surface area contributed by atoms with E-state index >= 15 is 0 Å². The first-order valence-electron chi connectivity index (χ1n) is 5.84. The standard InChI is InChI=1S/C15H10FNOS/c16-12-6-5-10(9-18)11(7-12)8-15-17-13-3-1-2-4-14(13)19-15/h1-7,9H,8H2. The predicted molar refractivity (Wildman–Crippen MR) is 74.2 cm³/mol. The number of fused-ring (bicyclic) bond motifs is 1. The number of thiazole rings is 1. The second-order valence-corrected chi connectivity index (χ2v) is 5.33. The minimum Gasteiger partial charge on any atom is -0.298 e. The molecule has 0 aliphatic carbocycles. The topological polar surface area (TPSA) is 30.0 Å². The van der Waals surface area contributed by atoms with Crippen molar-refractivity contribution in [3.8, 4) is 0 Å². The van der Waals surface area contributed by atoms with E-state index in [1.807, 2.05) is 24.3 Å². The molecular formula is C15H10FNOS. The summed E-state index contributed by atoms with van der Waals surface area (Å²) in [6, 6.07) is 12.0. The first-order chi connectivity index (χ1) is 9.26. The highest BCUT2D eigenvalue weighted by molar-refractivity contribution is 7.18. The lowest BCUT2D eigenvalue weighted by atomic mass is 10.1. The van der Waals surface area contributed by atoms with E-state index in [1.165, 1.54) is 18.2 Å². The Labute approximate surface area is 113 Å². The SMILES string of the molecule is O=Cc1ccc(F)cc1Cc1nc2ccccc2s1. The van der Waals surface area contributed by atoms with Gasteiger partial charge < -0.3 is 0 Å². The second-order valence-electron chi connectivity index (χ2n) is 4.21. The van der Waals surface area contributed by atoms with Gasteiger partial charge in [0.05, 0.1) is 15.2 Å². The van der Waals surface area contributed by atoms with Gasteiger partial charge in [-0.05, 0) is 35.9 Å². The molecule has 0 saturated carbocycles. The van der Waals surface area contributed by atoms with Crippen molar-refractivity contribution in [3.05, 3.63) is 64.4 Å². The van der Waals surface area contributed by atoms with Crippen LogP contribution in [-0.2, 0) is 6.42 Å². The van der Waals surface area contributed by atoms with Crippen LogP contribution in [0.25, 0.3) is 10.2 Å². The Hall–Kier alpha value is -2.07. The van der Waals surface area contributed by atoms with E-state index in [4.69, 9.17) is 0 Å². The molecule has 1 aromatic heterocycles. The number of halogens is 1. The Bertz CT molecular complexity index is 718. The molecule has 0 unspecified atom stereocenters. The molecule has 4 heteroatoms. The summed E-state index contributed by atoms with van der Waals surface area (Å²) in [5, 5.41) is 0.884.